The molecule has 0 unspecified atom stereocenters. The van der Waals surface area contributed by atoms with Gasteiger partial charge in [0.15, 0.2) is 0 Å². The molecule has 0 radical (unpaired) electrons. The lowest BCUT2D eigenvalue weighted by atomic mass is 10.2. The van der Waals surface area contributed by atoms with Crippen molar-refractivity contribution in [1.29, 1.82) is 0 Å². The number of ether oxygens (including phenoxy) is 1. The van der Waals surface area contributed by atoms with Gasteiger partial charge in [0.2, 0.25) is 5.91 Å². The first-order valence-electron chi connectivity index (χ1n) is 8.36. The van der Waals surface area contributed by atoms with E-state index < -0.39 is 17.9 Å². The molecule has 2 N–H and O–H groups in total. The standard InChI is InChI=1S/C17H22FN3O3/c18-13-6-1-2-7-14(13)20-17(23)21-9-3-8-15(21)16(22)19-11-12-5-4-10-24-12/h1-2,6-7,12,15H,3-5,8-11H2,(H,19,22)(H,20,23)/t12-,15+/m1/s1. The Morgan fingerprint density at radius 2 is 2.08 bits per heavy atom. The molecule has 7 heteroatoms. The topological polar surface area (TPSA) is 70.7 Å². The highest BCUT2D eigenvalue weighted by Crippen LogP contribution is 2.20. The van der Waals surface area contributed by atoms with Gasteiger partial charge in [0, 0.05) is 19.7 Å². The van der Waals surface area contributed by atoms with Crippen molar-refractivity contribution in [2.24, 2.45) is 0 Å². The molecule has 1 aromatic carbocycles. The van der Waals surface area contributed by atoms with Gasteiger partial charge in [0.1, 0.15) is 11.9 Å². The molecule has 1 aromatic rings. The molecule has 0 aromatic heterocycles. The minimum Gasteiger partial charge on any atom is -0.376 e. The van der Waals surface area contributed by atoms with Crippen molar-refractivity contribution in [2.75, 3.05) is 25.0 Å². The van der Waals surface area contributed by atoms with E-state index in [1.807, 2.05) is 0 Å². The normalized spacial score (nSPS) is 23.3. The van der Waals surface area contributed by atoms with Gasteiger partial charge in [-0.05, 0) is 37.8 Å². The molecule has 3 rings (SSSR count). The molecular formula is C17H22FN3O3. The van der Waals surface area contributed by atoms with E-state index in [1.54, 1.807) is 12.1 Å². The summed E-state index contributed by atoms with van der Waals surface area (Å²) in [6.07, 6.45) is 3.39. The van der Waals surface area contributed by atoms with E-state index in [2.05, 4.69) is 10.6 Å². The Kier molecular flexibility index (Phi) is 5.30. The van der Waals surface area contributed by atoms with E-state index in [0.717, 1.165) is 25.9 Å². The van der Waals surface area contributed by atoms with Crippen LogP contribution in [0.3, 0.4) is 0 Å². The van der Waals surface area contributed by atoms with Gasteiger partial charge in [-0.2, -0.15) is 0 Å². The van der Waals surface area contributed by atoms with Gasteiger partial charge < -0.3 is 20.3 Å². The molecule has 2 aliphatic rings. The summed E-state index contributed by atoms with van der Waals surface area (Å²) in [7, 11) is 0. The van der Waals surface area contributed by atoms with Gasteiger partial charge in [0.25, 0.3) is 0 Å². The molecule has 0 bridgehead atoms. The van der Waals surface area contributed by atoms with Crippen molar-refractivity contribution in [2.45, 2.75) is 37.8 Å². The first kappa shape index (κ1) is 16.7. The number of likely N-dealkylation sites (tertiary alicyclic amines) is 1. The molecule has 2 heterocycles. The Morgan fingerprint density at radius 1 is 1.25 bits per heavy atom. The zero-order valence-corrected chi connectivity index (χ0v) is 13.5. The van der Waals surface area contributed by atoms with Crippen molar-refractivity contribution in [3.63, 3.8) is 0 Å². The third kappa shape index (κ3) is 3.84. The number of carbonyl (C=O) groups is 2. The predicted molar refractivity (Wildman–Crippen MR) is 87.1 cm³/mol. The van der Waals surface area contributed by atoms with Crippen molar-refractivity contribution in [1.82, 2.24) is 10.2 Å². The van der Waals surface area contributed by atoms with Crippen LogP contribution in [0.1, 0.15) is 25.7 Å². The highest BCUT2D eigenvalue weighted by Gasteiger charge is 2.34. The third-order valence-corrected chi connectivity index (χ3v) is 4.46. The molecule has 0 aliphatic carbocycles. The third-order valence-electron chi connectivity index (χ3n) is 4.46. The predicted octanol–water partition coefficient (Wildman–Crippen LogP) is 2.12. The van der Waals surface area contributed by atoms with Gasteiger partial charge in [-0.15, -0.1) is 0 Å². The molecule has 130 valence electrons. The number of benzene rings is 1. The molecule has 3 amide bonds. The minimum atomic E-state index is -0.516. The van der Waals surface area contributed by atoms with E-state index in [-0.39, 0.29) is 17.7 Å². The molecular weight excluding hydrogens is 313 g/mol. The molecule has 0 spiro atoms. The number of hydrogen-bond acceptors (Lipinski definition) is 3. The maximum Gasteiger partial charge on any atom is 0.322 e. The fourth-order valence-electron chi connectivity index (χ4n) is 3.17. The molecule has 0 saturated carbocycles. The van der Waals surface area contributed by atoms with Gasteiger partial charge in [0.05, 0.1) is 11.8 Å². The summed E-state index contributed by atoms with van der Waals surface area (Å²) in [5.41, 5.74) is 0.118. The van der Waals surface area contributed by atoms with Crippen LogP contribution in [0.25, 0.3) is 0 Å². The highest BCUT2D eigenvalue weighted by molar-refractivity contribution is 5.94. The number of hydrogen-bond donors (Lipinski definition) is 2. The fourth-order valence-corrected chi connectivity index (χ4v) is 3.17. The number of nitrogens with zero attached hydrogens (tertiary/aromatic N) is 1. The second kappa shape index (κ2) is 7.61. The van der Waals surface area contributed by atoms with Crippen LogP contribution in [0.5, 0.6) is 0 Å². The first-order chi connectivity index (χ1) is 11.6. The summed E-state index contributed by atoms with van der Waals surface area (Å²) in [5.74, 6) is -0.670. The van der Waals surface area contributed by atoms with E-state index in [1.165, 1.54) is 17.0 Å². The Morgan fingerprint density at radius 3 is 2.83 bits per heavy atom. The smallest absolute Gasteiger partial charge is 0.322 e. The maximum atomic E-state index is 13.7. The largest absolute Gasteiger partial charge is 0.376 e. The number of rotatable bonds is 4. The number of carbonyl (C=O) groups excluding carboxylic acids is 2. The van der Waals surface area contributed by atoms with Gasteiger partial charge in [-0.25, -0.2) is 9.18 Å². The fraction of sp³-hybridized carbons (Fsp3) is 0.529. The van der Waals surface area contributed by atoms with Crippen molar-refractivity contribution >= 4 is 17.6 Å². The first-order valence-corrected chi connectivity index (χ1v) is 8.36. The van der Waals surface area contributed by atoms with Crippen LogP contribution >= 0.6 is 0 Å². The summed E-state index contributed by atoms with van der Waals surface area (Å²) in [6.45, 7) is 1.69. The molecule has 2 aliphatic heterocycles. The van der Waals surface area contributed by atoms with Crippen LogP contribution in [-0.2, 0) is 9.53 Å². The Hall–Kier alpha value is -2.15. The lowest BCUT2D eigenvalue weighted by Gasteiger charge is -2.25. The van der Waals surface area contributed by atoms with Crippen LogP contribution < -0.4 is 10.6 Å². The Labute approximate surface area is 140 Å². The molecule has 2 atom stereocenters. The summed E-state index contributed by atoms with van der Waals surface area (Å²) < 4.78 is 19.1. The van der Waals surface area contributed by atoms with E-state index >= 15 is 0 Å². The zero-order valence-electron chi connectivity index (χ0n) is 13.5. The van der Waals surface area contributed by atoms with Crippen molar-refractivity contribution in [3.05, 3.63) is 30.1 Å². The van der Waals surface area contributed by atoms with E-state index in [4.69, 9.17) is 4.74 Å². The average molecular weight is 335 g/mol. The summed E-state index contributed by atoms with van der Waals surface area (Å²) in [6, 6.07) is 5.02. The van der Waals surface area contributed by atoms with Crippen LogP contribution in [0, 0.1) is 5.82 Å². The van der Waals surface area contributed by atoms with Crippen molar-refractivity contribution in [3.8, 4) is 0 Å². The molecule has 6 nitrogen and oxygen atoms in total. The minimum absolute atomic E-state index is 0.0658. The second-order valence-electron chi connectivity index (χ2n) is 6.14. The number of para-hydroxylation sites is 1. The number of halogens is 1. The molecule has 2 fully saturated rings. The lowest BCUT2D eigenvalue weighted by molar-refractivity contribution is -0.125. The lowest BCUT2D eigenvalue weighted by Crippen LogP contribution is -2.48. The number of anilines is 1. The van der Waals surface area contributed by atoms with Crippen LogP contribution in [0.4, 0.5) is 14.9 Å². The van der Waals surface area contributed by atoms with Gasteiger partial charge in [-0.1, -0.05) is 12.1 Å². The van der Waals surface area contributed by atoms with E-state index in [0.29, 0.717) is 19.5 Å². The monoisotopic (exact) mass is 335 g/mol. The highest BCUT2D eigenvalue weighted by atomic mass is 19.1. The quantitative estimate of drug-likeness (QED) is 0.885. The van der Waals surface area contributed by atoms with Crippen LogP contribution in [0.15, 0.2) is 24.3 Å². The maximum absolute atomic E-state index is 13.7. The summed E-state index contributed by atoms with van der Waals surface area (Å²) in [5, 5.41) is 5.41. The van der Waals surface area contributed by atoms with Gasteiger partial charge >= 0.3 is 6.03 Å². The molecule has 24 heavy (non-hydrogen) atoms. The average Bonchev–Trinajstić information content (AvgIpc) is 3.26. The van der Waals surface area contributed by atoms with E-state index in [9.17, 15) is 14.0 Å². The SMILES string of the molecule is O=C(NC[C@H]1CCCO1)[C@@H]1CCCN1C(=O)Nc1ccccc1F. The summed E-state index contributed by atoms with van der Waals surface area (Å²) in [4.78, 5) is 26.2. The number of nitrogens with one attached hydrogen (secondary N) is 2. The molecule has 2 saturated heterocycles. The number of urea groups is 1. The Balaban J connectivity index is 1.56. The van der Waals surface area contributed by atoms with Crippen LogP contribution in [-0.4, -0.2) is 48.7 Å². The van der Waals surface area contributed by atoms with Crippen molar-refractivity contribution < 1.29 is 18.7 Å². The second-order valence-corrected chi connectivity index (χ2v) is 6.14. The zero-order chi connectivity index (χ0) is 16.9. The Bertz CT molecular complexity index is 604. The van der Waals surface area contributed by atoms with Crippen LogP contribution in [0.2, 0.25) is 0 Å². The number of amides is 3. The summed E-state index contributed by atoms with van der Waals surface area (Å²) >= 11 is 0. The van der Waals surface area contributed by atoms with Gasteiger partial charge in [-0.3, -0.25) is 4.79 Å².